The number of benzene rings is 2. The summed E-state index contributed by atoms with van der Waals surface area (Å²) in [6.45, 7) is 4.35. The lowest BCUT2D eigenvalue weighted by Gasteiger charge is -2.40. The fraction of sp³-hybridized carbons (Fsp3) is 0.576. The molecule has 7 rings (SSSR count). The number of carbonyl (C=O) groups is 14. The van der Waals surface area contributed by atoms with Crippen LogP contribution in [-0.2, 0) is 105 Å². The Morgan fingerprint density at radius 1 is 0.788 bits per heavy atom. The number of hydrogen-bond acceptors (Lipinski definition) is 25. The number of nitrogens with zero attached hydrogens (tertiary/aromatic N) is 2. The molecule has 4 aliphatic rings. The molecule has 38 heteroatoms. The number of hydrogen-bond donors (Lipinski definition) is 13. The minimum absolute atomic E-state index is 0.0392. The van der Waals surface area contributed by atoms with Gasteiger partial charge in [-0.3, -0.25) is 61.7 Å². The SMILES string of the molecule is CC[C@H](C)[C@@H]1NC(=O)CNC(=O)[C@@H]2Cc3c([nH]c4cc(OCCCCCCN(C)C(=O)OCc5ccc(O[C@@H]6OC[C@@H](OC(C)=O)[C@H](OC(C)=O)[C@H]6OC(C)=O)c(C(=O)O)c5)ccc34)S(=O)[C@H](NC(=O)CNC1=O)C(=O)N[C@@H](CCC(N)=O)C(=O)N1C[C@H](O)C[C@H]1C(=O)N[C@@H]([C@@H](C)[C@@H](O)CO)C(=O)N2. The number of carboxylic acids is 1. The molecule has 104 heavy (non-hydrogen) atoms. The first-order valence-electron chi connectivity index (χ1n) is 33.6. The molecule has 0 spiro atoms. The Morgan fingerprint density at radius 2 is 1.46 bits per heavy atom. The van der Waals surface area contributed by atoms with Gasteiger partial charge in [0.2, 0.25) is 59.7 Å². The third-order valence-corrected chi connectivity index (χ3v) is 19.2. The second-order valence-electron chi connectivity index (χ2n) is 25.6. The number of nitrogens with two attached hydrogens (primary N) is 1. The molecule has 15 atom stereocenters. The topological polar surface area (TPSA) is 534 Å². The molecule has 0 saturated carbocycles. The fourth-order valence-corrected chi connectivity index (χ4v) is 13.3. The van der Waals surface area contributed by atoms with Gasteiger partial charge in [-0.15, -0.1) is 0 Å². The molecule has 5 heterocycles. The first-order valence-corrected chi connectivity index (χ1v) is 34.8. The van der Waals surface area contributed by atoms with Crippen molar-refractivity contribution >= 4 is 105 Å². The lowest BCUT2D eigenvalue weighted by atomic mass is 9.93. The fourth-order valence-electron chi connectivity index (χ4n) is 12.0. The zero-order valence-electron chi connectivity index (χ0n) is 58.2. The summed E-state index contributed by atoms with van der Waals surface area (Å²) in [7, 11) is -1.34. The number of aromatic nitrogens is 1. The molecule has 3 aromatic rings. The zero-order chi connectivity index (χ0) is 76.4. The summed E-state index contributed by atoms with van der Waals surface area (Å²) in [6.07, 6.45) is -9.18. The van der Waals surface area contributed by atoms with Gasteiger partial charge >= 0.3 is 30.0 Å². The molecule has 14 N–H and O–H groups in total. The molecule has 37 nitrogen and oxygen atoms in total. The number of fused-ring (bicyclic) bond motifs is 4. The number of aliphatic hydroxyl groups excluding tert-OH is 3. The average Bonchev–Trinajstić information content (AvgIpc) is 1.61. The Hall–Kier alpha value is -10.0. The van der Waals surface area contributed by atoms with Gasteiger partial charge in [0, 0.05) is 77.5 Å². The number of carbonyl (C=O) groups excluding carboxylic acids is 13. The number of carboxylic acid groups (broad SMARTS) is 1. The molecule has 570 valence electrons. The molecule has 2 saturated heterocycles. The van der Waals surface area contributed by atoms with Gasteiger partial charge in [0.1, 0.15) is 69.7 Å². The summed E-state index contributed by atoms with van der Waals surface area (Å²) in [5.41, 5.74) is 5.46. The number of amides is 10. The molecule has 2 aromatic carbocycles. The molecule has 10 amide bonds. The van der Waals surface area contributed by atoms with Crippen LogP contribution in [0.4, 0.5) is 4.79 Å². The van der Waals surface area contributed by atoms with Crippen LogP contribution in [0.25, 0.3) is 10.9 Å². The van der Waals surface area contributed by atoms with Crippen molar-refractivity contribution in [2.45, 2.75) is 183 Å². The van der Waals surface area contributed by atoms with E-state index >= 15 is 4.21 Å². The maximum absolute atomic E-state index is 15.5. The third kappa shape index (κ3) is 21.8. The molecule has 0 aliphatic carbocycles. The predicted octanol–water partition coefficient (Wildman–Crippen LogP) is -2.84. The van der Waals surface area contributed by atoms with Gasteiger partial charge < -0.3 is 111 Å². The Bertz CT molecular complexity index is 3740. The lowest BCUT2D eigenvalue weighted by Crippen LogP contribution is -2.61. The number of aromatic carboxylic acids is 1. The van der Waals surface area contributed by atoms with E-state index in [1.165, 1.54) is 55.3 Å². The van der Waals surface area contributed by atoms with Crippen LogP contribution < -0.4 is 52.4 Å². The highest BCUT2D eigenvalue weighted by Crippen LogP contribution is 2.33. The van der Waals surface area contributed by atoms with E-state index in [0.29, 0.717) is 32.1 Å². The van der Waals surface area contributed by atoms with Crippen molar-refractivity contribution in [3.05, 3.63) is 53.1 Å². The van der Waals surface area contributed by atoms with E-state index in [2.05, 4.69) is 42.2 Å². The summed E-state index contributed by atoms with van der Waals surface area (Å²) in [5, 5.41) is 57.0. The first-order chi connectivity index (χ1) is 49.3. The van der Waals surface area contributed by atoms with E-state index in [-0.39, 0.29) is 64.9 Å². The Balaban J connectivity index is 1.10. The molecule has 1 unspecified atom stereocenters. The van der Waals surface area contributed by atoms with Crippen LogP contribution in [0.3, 0.4) is 0 Å². The van der Waals surface area contributed by atoms with Crippen LogP contribution in [0.5, 0.6) is 11.5 Å². The monoisotopic (exact) mass is 1480 g/mol. The van der Waals surface area contributed by atoms with Crippen molar-refractivity contribution in [2.24, 2.45) is 17.6 Å². The van der Waals surface area contributed by atoms with Gasteiger partial charge in [-0.25, -0.2) is 9.59 Å². The maximum Gasteiger partial charge on any atom is 0.409 e. The molecular weight excluding hydrogens is 1390 g/mol. The minimum Gasteiger partial charge on any atom is -0.494 e. The van der Waals surface area contributed by atoms with E-state index in [0.717, 1.165) is 25.7 Å². The van der Waals surface area contributed by atoms with Gasteiger partial charge in [0.05, 0.1) is 50.6 Å². The average molecular weight is 1480 g/mol. The Morgan fingerprint density at radius 3 is 2.12 bits per heavy atom. The van der Waals surface area contributed by atoms with E-state index < -0.39 is 236 Å². The summed E-state index contributed by atoms with van der Waals surface area (Å²) in [6, 6.07) is 0.0407. The number of H-pyrrole nitrogens is 1. The van der Waals surface area contributed by atoms with Crippen molar-refractivity contribution in [3.63, 3.8) is 0 Å². The first kappa shape index (κ1) is 81.3. The molecule has 2 bridgehead atoms. The Labute approximate surface area is 598 Å². The van der Waals surface area contributed by atoms with Crippen LogP contribution in [0.1, 0.15) is 114 Å². The van der Waals surface area contributed by atoms with Crippen LogP contribution in [0.15, 0.2) is 41.4 Å². The number of nitrogens with one attached hydrogen (secondary N) is 8. The smallest absolute Gasteiger partial charge is 0.409 e. The van der Waals surface area contributed by atoms with Crippen LogP contribution in [-0.4, -0.2) is 248 Å². The number of aliphatic hydroxyl groups is 3. The highest BCUT2D eigenvalue weighted by molar-refractivity contribution is 7.86. The quantitative estimate of drug-likeness (QED) is 0.0244. The highest BCUT2D eigenvalue weighted by atomic mass is 32.2. The van der Waals surface area contributed by atoms with E-state index in [1.54, 1.807) is 13.8 Å². The summed E-state index contributed by atoms with van der Waals surface area (Å²) < 4.78 is 54.6. The van der Waals surface area contributed by atoms with Gasteiger partial charge in [-0.2, -0.15) is 0 Å². The van der Waals surface area contributed by atoms with Crippen LogP contribution >= 0.6 is 0 Å². The molecule has 2 fully saturated rings. The Kier molecular flexibility index (Phi) is 29.2. The summed E-state index contributed by atoms with van der Waals surface area (Å²) in [4.78, 5) is 194. The van der Waals surface area contributed by atoms with Crippen molar-refractivity contribution in [3.8, 4) is 11.5 Å². The minimum atomic E-state index is -2.84. The molecule has 0 radical (unpaired) electrons. The van der Waals surface area contributed by atoms with Gasteiger partial charge in [0.15, 0.2) is 17.6 Å². The number of esters is 3. The van der Waals surface area contributed by atoms with Crippen molar-refractivity contribution < 1.29 is 125 Å². The van der Waals surface area contributed by atoms with Crippen LogP contribution in [0.2, 0.25) is 0 Å². The largest absolute Gasteiger partial charge is 0.494 e. The van der Waals surface area contributed by atoms with Crippen molar-refractivity contribution in [1.82, 2.24) is 52.0 Å². The number of primary amides is 1. The number of rotatable bonds is 24. The maximum atomic E-state index is 15.5. The van der Waals surface area contributed by atoms with E-state index in [4.69, 9.17) is 38.9 Å². The molecule has 4 aliphatic heterocycles. The molecule has 1 aromatic heterocycles. The normalized spacial score (nSPS) is 25.3. The van der Waals surface area contributed by atoms with Crippen molar-refractivity contribution in [1.29, 1.82) is 0 Å². The second kappa shape index (κ2) is 37.4. The zero-order valence-corrected chi connectivity index (χ0v) is 59.0. The molecular formula is C66H89N11O26S. The van der Waals surface area contributed by atoms with Crippen molar-refractivity contribution in [2.75, 3.05) is 53.0 Å². The highest BCUT2D eigenvalue weighted by Gasteiger charge is 2.50. The number of unbranched alkanes of at least 4 members (excludes halogenated alkanes) is 3. The predicted molar refractivity (Wildman–Crippen MR) is 358 cm³/mol. The summed E-state index contributed by atoms with van der Waals surface area (Å²) in [5.74, 6) is -15.3. The number of aromatic amines is 1. The van der Waals surface area contributed by atoms with E-state index in [9.17, 15) is 87.5 Å². The third-order valence-electron chi connectivity index (χ3n) is 17.7. The summed E-state index contributed by atoms with van der Waals surface area (Å²) >= 11 is 0. The second-order valence-corrected chi connectivity index (χ2v) is 27.0. The van der Waals surface area contributed by atoms with Gasteiger partial charge in [0.25, 0.3) is 5.91 Å². The van der Waals surface area contributed by atoms with E-state index in [1.807, 2.05) is 0 Å². The van der Waals surface area contributed by atoms with Crippen LogP contribution in [0, 0.1) is 11.8 Å². The van der Waals surface area contributed by atoms with Gasteiger partial charge in [-0.05, 0) is 60.6 Å². The number of ether oxygens (including phenoxy) is 7. The van der Waals surface area contributed by atoms with Gasteiger partial charge in [-0.1, -0.05) is 46.1 Å². The standard InChI is InChI=1S/C66H89N11O26S/c1-8-31(2)52-58(89)69-26-51(86)74-62-60(91)70-42(16-18-49(67)84)63(92)77-27-37(82)22-45(77)57(88)75-53(32(3)46(83)28-78)59(90)71-44(56(87)68-25-50(85)73-52)24-40-39-15-14-38(23-43(39)72-61(40)104(62)96)97-20-12-10-9-11-19-76(7)66(95)99-29-36-13-17-47(41(21-36)64(93)94)103-65-55(102-35(6)81)54(101-34(5)80)48(30-98-65)100-33(4)79/h13-15,17,21,23,31-32,37,42,44-46,48,52-55,62,65,72,78,82-83H,8-12,16,18-20,22,24-30H2,1-7H3,(H2,67,84)(H,68,87)(H,69,89)(H,70,91)(H,71,90)(H,73,85)(H,74,86)(H,75,88)(H,93,94)/t31-,32-,37+,42-,44-,45-,46-,48+,52-,53-,54-,55+,62-,65-,104?/m0/s1. The lowest BCUT2D eigenvalue weighted by molar-refractivity contribution is -0.259.